The zero-order valence-corrected chi connectivity index (χ0v) is 21.3. The van der Waals surface area contributed by atoms with Gasteiger partial charge in [-0.05, 0) is 57.1 Å². The van der Waals surface area contributed by atoms with Crippen molar-refractivity contribution in [1.82, 2.24) is 4.72 Å². The van der Waals surface area contributed by atoms with E-state index in [4.69, 9.17) is 0 Å². The molecule has 0 saturated heterocycles. The summed E-state index contributed by atoms with van der Waals surface area (Å²) in [6, 6.07) is 5.68. The van der Waals surface area contributed by atoms with Gasteiger partial charge < -0.3 is 5.11 Å². The Balaban J connectivity index is 2.16. The normalized spacial score (nSPS) is 12.6. The molecule has 190 valence electrons. The molecule has 0 bridgehead atoms. The Morgan fingerprint density at radius 1 is 0.829 bits per heavy atom. The number of hydrogen-bond donors (Lipinski definition) is 2. The number of ketones is 1. The summed E-state index contributed by atoms with van der Waals surface area (Å²) >= 11 is 0. The number of carbonyl (C=O) groups is 2. The maximum Gasteiger partial charge on any atom is 0.242 e. The first-order valence-corrected chi connectivity index (χ1v) is 13.6. The van der Waals surface area contributed by atoms with Gasteiger partial charge in [0.25, 0.3) is 0 Å². The number of phenols is 1. The van der Waals surface area contributed by atoms with Gasteiger partial charge in [-0.2, -0.15) is 0 Å². The summed E-state index contributed by atoms with van der Waals surface area (Å²) in [5, 5.41) is 9.65. The first kappa shape index (κ1) is 29.8. The fourth-order valence-corrected chi connectivity index (χ4v) is 3.99. The second-order valence-corrected chi connectivity index (χ2v) is 9.55. The maximum absolute atomic E-state index is 12.1. The number of unbranched alkanes of at least 4 members (excludes halogenated alkanes) is 1. The number of rotatable bonds is 17. The minimum Gasteiger partial charge on any atom is -0.507 e. The van der Waals surface area contributed by atoms with E-state index in [2.05, 4.69) is 55.5 Å². The van der Waals surface area contributed by atoms with Crippen LogP contribution in [-0.2, 0) is 14.8 Å². The molecule has 0 heterocycles. The summed E-state index contributed by atoms with van der Waals surface area (Å²) in [6.07, 6.45) is 27.0. The lowest BCUT2D eigenvalue weighted by Gasteiger charge is -2.07. The number of amides is 1. The van der Waals surface area contributed by atoms with Crippen molar-refractivity contribution in [3.8, 4) is 5.75 Å². The number of hydrogen-bond acceptors (Lipinski definition) is 5. The Morgan fingerprint density at radius 3 is 1.89 bits per heavy atom. The van der Waals surface area contributed by atoms with Crippen LogP contribution in [0.3, 0.4) is 0 Å². The van der Waals surface area contributed by atoms with Gasteiger partial charge in [-0.1, -0.05) is 79.8 Å². The number of Topliss-reactive ketones (excluding diaryl/α,β-unsaturated/α-hetero) is 1. The molecule has 0 unspecified atom stereocenters. The van der Waals surface area contributed by atoms with Crippen LogP contribution in [-0.4, -0.2) is 31.0 Å². The molecule has 0 radical (unpaired) electrons. The number of carbonyl (C=O) groups excluding carboxylic acids is 2. The molecule has 1 rings (SSSR count). The van der Waals surface area contributed by atoms with E-state index in [1.54, 1.807) is 0 Å². The molecule has 0 atom stereocenters. The first-order chi connectivity index (χ1) is 16.9. The van der Waals surface area contributed by atoms with E-state index < -0.39 is 27.5 Å². The predicted octanol–water partition coefficient (Wildman–Crippen LogP) is 5.94. The van der Waals surface area contributed by atoms with Crippen molar-refractivity contribution in [2.24, 2.45) is 0 Å². The monoisotopic (exact) mass is 499 g/mol. The van der Waals surface area contributed by atoms with Crippen molar-refractivity contribution in [2.45, 2.75) is 58.3 Å². The van der Waals surface area contributed by atoms with Gasteiger partial charge in [-0.15, -0.1) is 0 Å². The summed E-state index contributed by atoms with van der Waals surface area (Å²) in [5.74, 6) is -2.62. The third-order valence-electron chi connectivity index (χ3n) is 4.73. The molecule has 35 heavy (non-hydrogen) atoms. The Kier molecular flexibility index (Phi) is 15.5. The largest absolute Gasteiger partial charge is 0.507 e. The van der Waals surface area contributed by atoms with Crippen LogP contribution in [0.4, 0.5) is 0 Å². The van der Waals surface area contributed by atoms with Crippen LogP contribution >= 0.6 is 0 Å². The fraction of sp³-hybridized carbons (Fsp3) is 0.357. The number of nitrogens with one attached hydrogen (secondary N) is 1. The van der Waals surface area contributed by atoms with Crippen LogP contribution < -0.4 is 4.72 Å². The third-order valence-corrected chi connectivity index (χ3v) is 5.91. The molecule has 6 nitrogen and oxygen atoms in total. The highest BCUT2D eigenvalue weighted by Gasteiger charge is 2.21. The van der Waals surface area contributed by atoms with E-state index in [0.717, 1.165) is 32.1 Å². The Bertz CT molecular complexity index is 1030. The number of benzene rings is 1. The number of aromatic hydroxyl groups is 1. The molecule has 0 aromatic heterocycles. The molecule has 0 fully saturated rings. The zero-order chi connectivity index (χ0) is 25.8. The highest BCUT2D eigenvalue weighted by Crippen LogP contribution is 2.16. The Morgan fingerprint density at radius 2 is 1.34 bits per heavy atom. The van der Waals surface area contributed by atoms with Gasteiger partial charge in [0, 0.05) is 6.42 Å². The zero-order valence-electron chi connectivity index (χ0n) is 20.4. The Labute approximate surface area is 209 Å². The number of phenolic OH excluding ortho intramolecular Hbond substituents is 1. The van der Waals surface area contributed by atoms with Gasteiger partial charge in [-0.25, -0.2) is 8.42 Å². The van der Waals surface area contributed by atoms with E-state index in [-0.39, 0.29) is 17.7 Å². The summed E-state index contributed by atoms with van der Waals surface area (Å²) < 4.78 is 26.0. The van der Waals surface area contributed by atoms with E-state index in [0.29, 0.717) is 12.8 Å². The number of para-hydroxylation sites is 1. The lowest BCUT2D eigenvalue weighted by Crippen LogP contribution is -2.34. The van der Waals surface area contributed by atoms with Gasteiger partial charge in [0.05, 0.1) is 5.56 Å². The standard InChI is InChI=1S/C28H37NO5S/c1-2-3-4-5-6-7-8-9-10-11-12-13-14-15-16-17-18-23-28(32)29-35(33,34)24-27(31)25-21-19-20-22-26(25)30/h3-4,6-7,9-10,12-13,15-16,19-22,30H,2,5,8,11,14,17-18,23-24H2,1H3,(H,29,32)/b4-3-,7-6-,10-9-,13-12-,16-15-. The average molecular weight is 500 g/mol. The smallest absolute Gasteiger partial charge is 0.242 e. The topological polar surface area (TPSA) is 101 Å². The molecule has 0 aliphatic carbocycles. The lowest BCUT2D eigenvalue weighted by molar-refractivity contribution is -0.119. The average Bonchev–Trinajstić information content (AvgIpc) is 2.80. The molecule has 7 heteroatoms. The SMILES string of the molecule is CC/C=C\C/C=C\C/C=C\C/C=C\C/C=C\CCCC(=O)NS(=O)(=O)CC(=O)c1ccccc1O. The summed E-state index contributed by atoms with van der Waals surface area (Å²) in [7, 11) is -4.12. The van der Waals surface area contributed by atoms with E-state index in [1.807, 2.05) is 16.9 Å². The molecule has 1 aromatic rings. The second-order valence-electron chi connectivity index (χ2n) is 7.82. The third kappa shape index (κ3) is 15.4. The van der Waals surface area contributed by atoms with Gasteiger partial charge in [0.15, 0.2) is 5.78 Å². The van der Waals surface area contributed by atoms with Crippen molar-refractivity contribution < 1.29 is 23.1 Å². The summed E-state index contributed by atoms with van der Waals surface area (Å²) in [6.45, 7) is 2.12. The van der Waals surface area contributed by atoms with Gasteiger partial charge >= 0.3 is 0 Å². The number of allylic oxidation sites excluding steroid dienone is 10. The van der Waals surface area contributed by atoms with E-state index in [1.165, 1.54) is 24.3 Å². The Hall–Kier alpha value is -3.19. The van der Waals surface area contributed by atoms with Gasteiger partial charge in [0.2, 0.25) is 15.9 Å². The van der Waals surface area contributed by atoms with E-state index in [9.17, 15) is 23.1 Å². The van der Waals surface area contributed by atoms with Gasteiger partial charge in [-0.3, -0.25) is 14.3 Å². The molecule has 0 spiro atoms. The van der Waals surface area contributed by atoms with Gasteiger partial charge in [0.1, 0.15) is 11.5 Å². The van der Waals surface area contributed by atoms with Crippen molar-refractivity contribution in [2.75, 3.05) is 5.75 Å². The highest BCUT2D eigenvalue weighted by atomic mass is 32.2. The lowest BCUT2D eigenvalue weighted by atomic mass is 10.1. The van der Waals surface area contributed by atoms with Crippen molar-refractivity contribution in [3.05, 3.63) is 90.6 Å². The van der Waals surface area contributed by atoms with Crippen LogP contribution in [0, 0.1) is 0 Å². The number of sulfonamides is 1. The quantitative estimate of drug-likeness (QED) is 0.157. The molecule has 0 saturated carbocycles. The van der Waals surface area contributed by atoms with Crippen LogP contribution in [0.5, 0.6) is 5.75 Å². The molecule has 0 aliphatic heterocycles. The maximum atomic E-state index is 12.1. The molecule has 1 aromatic carbocycles. The summed E-state index contributed by atoms with van der Waals surface area (Å²) in [5.41, 5.74) is -0.0938. The second kappa shape index (κ2) is 18.2. The minimum absolute atomic E-state index is 0.0400. The van der Waals surface area contributed by atoms with Crippen LogP contribution in [0.1, 0.15) is 68.6 Å². The highest BCUT2D eigenvalue weighted by molar-refractivity contribution is 7.90. The molecular weight excluding hydrogens is 462 g/mol. The van der Waals surface area contributed by atoms with Crippen molar-refractivity contribution in [3.63, 3.8) is 0 Å². The van der Waals surface area contributed by atoms with Crippen molar-refractivity contribution >= 4 is 21.7 Å². The van der Waals surface area contributed by atoms with Crippen LogP contribution in [0.2, 0.25) is 0 Å². The fourth-order valence-electron chi connectivity index (χ4n) is 2.97. The molecule has 0 aliphatic rings. The van der Waals surface area contributed by atoms with Crippen molar-refractivity contribution in [1.29, 1.82) is 0 Å². The predicted molar refractivity (Wildman–Crippen MR) is 143 cm³/mol. The summed E-state index contributed by atoms with van der Waals surface area (Å²) in [4.78, 5) is 24.0. The molecular formula is C28H37NO5S. The molecule has 2 N–H and O–H groups in total. The van der Waals surface area contributed by atoms with E-state index >= 15 is 0 Å². The molecule has 1 amide bonds. The first-order valence-electron chi connectivity index (χ1n) is 11.9. The van der Waals surface area contributed by atoms with Crippen LogP contribution in [0.15, 0.2) is 85.0 Å². The minimum atomic E-state index is -4.12. The van der Waals surface area contributed by atoms with Crippen LogP contribution in [0.25, 0.3) is 0 Å².